The lowest BCUT2D eigenvalue weighted by atomic mass is 9.89. The van der Waals surface area contributed by atoms with Crippen LogP contribution in [0.1, 0.15) is 33.3 Å². The standard InChI is InChI=1S/C13H19BN2O3/c1-12(2)13(3,4)19-14(18-12)6-5-9-7-10(17)8-16-11(9)15/h5-8,17H,1-4H3,(H2,15,16)/b6-5+. The van der Waals surface area contributed by atoms with Gasteiger partial charge in [-0.15, -0.1) is 0 Å². The van der Waals surface area contributed by atoms with Crippen LogP contribution in [-0.2, 0) is 9.31 Å². The SMILES string of the molecule is CC1(C)OB(/C=C/c2cc(O)cnc2N)OC1(C)C. The number of nitrogen functional groups attached to an aromatic ring is 1. The van der Waals surface area contributed by atoms with E-state index in [1.54, 1.807) is 18.1 Å². The average Bonchev–Trinajstić information content (AvgIpc) is 2.49. The van der Waals surface area contributed by atoms with Crippen LogP contribution in [0.3, 0.4) is 0 Å². The molecule has 1 fully saturated rings. The molecule has 1 aliphatic rings. The molecule has 0 amide bonds. The van der Waals surface area contributed by atoms with Crippen LogP contribution in [-0.4, -0.2) is 28.4 Å². The van der Waals surface area contributed by atoms with Gasteiger partial charge in [-0.2, -0.15) is 0 Å². The van der Waals surface area contributed by atoms with Crippen LogP contribution in [0, 0.1) is 0 Å². The first-order valence-electron chi connectivity index (χ1n) is 6.20. The summed E-state index contributed by atoms with van der Waals surface area (Å²) in [7, 11) is -0.438. The van der Waals surface area contributed by atoms with E-state index in [2.05, 4.69) is 4.98 Å². The first kappa shape index (κ1) is 13.9. The van der Waals surface area contributed by atoms with E-state index in [0.29, 0.717) is 11.4 Å². The fourth-order valence-electron chi connectivity index (χ4n) is 1.76. The second kappa shape index (κ2) is 4.54. The van der Waals surface area contributed by atoms with Gasteiger partial charge < -0.3 is 20.1 Å². The van der Waals surface area contributed by atoms with Crippen LogP contribution in [0.4, 0.5) is 5.82 Å². The number of hydrogen-bond donors (Lipinski definition) is 2. The van der Waals surface area contributed by atoms with Gasteiger partial charge in [-0.05, 0) is 33.8 Å². The molecule has 0 aromatic carbocycles. The molecule has 2 rings (SSSR count). The minimum absolute atomic E-state index is 0.0720. The Balaban J connectivity index is 2.15. The zero-order valence-corrected chi connectivity index (χ0v) is 11.7. The minimum atomic E-state index is -0.438. The van der Waals surface area contributed by atoms with Gasteiger partial charge in [0.1, 0.15) is 11.6 Å². The fourth-order valence-corrected chi connectivity index (χ4v) is 1.76. The Morgan fingerprint density at radius 2 is 1.84 bits per heavy atom. The first-order chi connectivity index (χ1) is 8.71. The zero-order valence-electron chi connectivity index (χ0n) is 11.7. The molecule has 19 heavy (non-hydrogen) atoms. The summed E-state index contributed by atoms with van der Waals surface area (Å²) < 4.78 is 11.6. The lowest BCUT2D eigenvalue weighted by Gasteiger charge is -2.32. The van der Waals surface area contributed by atoms with Gasteiger partial charge in [0, 0.05) is 5.56 Å². The number of anilines is 1. The number of aromatic hydroxyl groups is 1. The molecule has 0 unspecified atom stereocenters. The van der Waals surface area contributed by atoms with E-state index in [1.165, 1.54) is 6.20 Å². The molecule has 0 radical (unpaired) electrons. The normalized spacial score (nSPS) is 21.2. The topological polar surface area (TPSA) is 77.6 Å². The van der Waals surface area contributed by atoms with Gasteiger partial charge in [-0.1, -0.05) is 12.1 Å². The maximum atomic E-state index is 9.38. The van der Waals surface area contributed by atoms with Crippen molar-refractivity contribution >= 4 is 19.0 Å². The van der Waals surface area contributed by atoms with Gasteiger partial charge in [0.25, 0.3) is 0 Å². The summed E-state index contributed by atoms with van der Waals surface area (Å²) in [6.07, 6.45) is 3.05. The highest BCUT2D eigenvalue weighted by atomic mass is 16.7. The number of rotatable bonds is 2. The van der Waals surface area contributed by atoms with Crippen molar-refractivity contribution in [2.45, 2.75) is 38.9 Å². The van der Waals surface area contributed by atoms with Crippen molar-refractivity contribution in [2.75, 3.05) is 5.73 Å². The summed E-state index contributed by atoms with van der Waals surface area (Å²) >= 11 is 0. The van der Waals surface area contributed by atoms with Crippen molar-refractivity contribution in [1.29, 1.82) is 0 Å². The van der Waals surface area contributed by atoms with E-state index in [4.69, 9.17) is 15.0 Å². The Hall–Kier alpha value is -1.53. The molecule has 0 bridgehead atoms. The predicted octanol–water partition coefficient (Wildman–Crippen LogP) is 2.01. The molecule has 1 aromatic heterocycles. The maximum Gasteiger partial charge on any atom is 0.487 e. The number of pyridine rings is 1. The van der Waals surface area contributed by atoms with Crippen LogP contribution in [0.5, 0.6) is 5.75 Å². The Morgan fingerprint density at radius 3 is 2.42 bits per heavy atom. The minimum Gasteiger partial charge on any atom is -0.506 e. The van der Waals surface area contributed by atoms with Crippen LogP contribution in [0.25, 0.3) is 6.08 Å². The number of aromatic nitrogens is 1. The average molecular weight is 262 g/mol. The predicted molar refractivity (Wildman–Crippen MR) is 75.4 cm³/mol. The maximum absolute atomic E-state index is 9.38. The van der Waals surface area contributed by atoms with Crippen LogP contribution in [0.2, 0.25) is 0 Å². The van der Waals surface area contributed by atoms with E-state index in [-0.39, 0.29) is 17.0 Å². The third-order valence-electron chi connectivity index (χ3n) is 3.64. The van der Waals surface area contributed by atoms with Gasteiger partial charge in [0.15, 0.2) is 0 Å². The molecule has 0 atom stereocenters. The summed E-state index contributed by atoms with van der Waals surface area (Å²) in [5, 5.41) is 9.38. The summed E-state index contributed by atoms with van der Waals surface area (Å²) in [6.45, 7) is 7.96. The van der Waals surface area contributed by atoms with Crippen molar-refractivity contribution in [2.24, 2.45) is 0 Å². The Morgan fingerprint density at radius 1 is 1.26 bits per heavy atom. The molecule has 0 spiro atoms. The van der Waals surface area contributed by atoms with E-state index in [1.807, 2.05) is 27.7 Å². The molecule has 0 saturated carbocycles. The van der Waals surface area contributed by atoms with Gasteiger partial charge in [-0.3, -0.25) is 0 Å². The molecule has 102 valence electrons. The Labute approximate surface area is 113 Å². The van der Waals surface area contributed by atoms with Crippen molar-refractivity contribution < 1.29 is 14.4 Å². The van der Waals surface area contributed by atoms with E-state index >= 15 is 0 Å². The third-order valence-corrected chi connectivity index (χ3v) is 3.64. The summed E-state index contributed by atoms with van der Waals surface area (Å²) in [4.78, 5) is 3.88. The Kier molecular flexibility index (Phi) is 3.32. The number of nitrogens with two attached hydrogens (primary N) is 1. The molecular weight excluding hydrogens is 243 g/mol. The lowest BCUT2D eigenvalue weighted by molar-refractivity contribution is 0.00578. The second-order valence-electron chi connectivity index (χ2n) is 5.65. The molecule has 1 aliphatic heterocycles. The highest BCUT2D eigenvalue weighted by molar-refractivity contribution is 6.52. The quantitative estimate of drug-likeness (QED) is 0.797. The van der Waals surface area contributed by atoms with E-state index < -0.39 is 7.12 Å². The highest BCUT2D eigenvalue weighted by Crippen LogP contribution is 2.37. The largest absolute Gasteiger partial charge is 0.506 e. The number of nitrogens with zero attached hydrogens (tertiary/aromatic N) is 1. The molecule has 3 N–H and O–H groups in total. The molecule has 2 heterocycles. The summed E-state index contributed by atoms with van der Waals surface area (Å²) in [5.74, 6) is 2.19. The summed E-state index contributed by atoms with van der Waals surface area (Å²) in [6, 6.07) is 1.55. The molecule has 5 nitrogen and oxygen atoms in total. The Bertz CT molecular complexity index is 499. The monoisotopic (exact) mass is 262 g/mol. The van der Waals surface area contributed by atoms with Gasteiger partial charge in [-0.25, -0.2) is 4.98 Å². The zero-order chi connectivity index (χ0) is 14.3. The van der Waals surface area contributed by atoms with Crippen molar-refractivity contribution in [1.82, 2.24) is 4.98 Å². The van der Waals surface area contributed by atoms with Crippen molar-refractivity contribution in [3.8, 4) is 5.75 Å². The number of hydrogen-bond acceptors (Lipinski definition) is 5. The van der Waals surface area contributed by atoms with E-state index in [0.717, 1.165) is 0 Å². The van der Waals surface area contributed by atoms with Crippen molar-refractivity contribution in [3.05, 3.63) is 23.8 Å². The molecular formula is C13H19BN2O3. The molecule has 1 aromatic rings. The second-order valence-corrected chi connectivity index (χ2v) is 5.65. The van der Waals surface area contributed by atoms with Crippen LogP contribution < -0.4 is 5.73 Å². The summed E-state index contributed by atoms with van der Waals surface area (Å²) in [5.41, 5.74) is 5.62. The lowest BCUT2D eigenvalue weighted by Crippen LogP contribution is -2.41. The van der Waals surface area contributed by atoms with Crippen LogP contribution in [0.15, 0.2) is 18.2 Å². The first-order valence-corrected chi connectivity index (χ1v) is 6.20. The van der Waals surface area contributed by atoms with E-state index in [9.17, 15) is 5.11 Å². The molecule has 6 heteroatoms. The molecule has 1 saturated heterocycles. The fraction of sp³-hybridized carbons (Fsp3) is 0.462. The van der Waals surface area contributed by atoms with Crippen LogP contribution >= 0.6 is 0 Å². The van der Waals surface area contributed by atoms with Gasteiger partial charge in [0.05, 0.1) is 17.4 Å². The van der Waals surface area contributed by atoms with Crippen molar-refractivity contribution in [3.63, 3.8) is 0 Å². The highest BCUT2D eigenvalue weighted by Gasteiger charge is 2.49. The van der Waals surface area contributed by atoms with Gasteiger partial charge in [0.2, 0.25) is 0 Å². The smallest absolute Gasteiger partial charge is 0.487 e. The molecule has 0 aliphatic carbocycles. The van der Waals surface area contributed by atoms with Gasteiger partial charge >= 0.3 is 7.12 Å². The third kappa shape index (κ3) is 2.74.